The van der Waals surface area contributed by atoms with Crippen LogP contribution in [0.15, 0.2) is 24.3 Å². The van der Waals surface area contributed by atoms with Crippen LogP contribution in [0.3, 0.4) is 0 Å². The molecule has 0 saturated heterocycles. The second-order valence-electron chi connectivity index (χ2n) is 6.31. The van der Waals surface area contributed by atoms with Crippen LogP contribution in [-0.2, 0) is 32.3 Å². The largest absolute Gasteiger partial charge is 0.501 e. The van der Waals surface area contributed by atoms with E-state index in [-0.39, 0.29) is 18.7 Å². The molecule has 1 unspecified atom stereocenters. The minimum absolute atomic E-state index is 0.108. The fourth-order valence-electron chi connectivity index (χ4n) is 2.42. The van der Waals surface area contributed by atoms with Gasteiger partial charge in [-0.05, 0) is 53.9 Å². The van der Waals surface area contributed by atoms with Crippen molar-refractivity contribution in [3.63, 3.8) is 0 Å². The lowest BCUT2D eigenvalue weighted by molar-refractivity contribution is -0.139. The summed E-state index contributed by atoms with van der Waals surface area (Å²) in [5.74, 6) is -0.741. The molecule has 1 atom stereocenters. The van der Waals surface area contributed by atoms with Gasteiger partial charge in [0.2, 0.25) is 0 Å². The number of hydrogen-bond donors (Lipinski definition) is 0. The summed E-state index contributed by atoms with van der Waals surface area (Å²) in [5, 5.41) is 0. The van der Waals surface area contributed by atoms with Crippen LogP contribution in [0.25, 0.3) is 0 Å². The number of allylic oxidation sites excluding steroid dienone is 1. The molecule has 0 rings (SSSR count). The lowest BCUT2D eigenvalue weighted by Gasteiger charge is -2.31. The third kappa shape index (κ3) is 12.1. The molecule has 0 heterocycles. The van der Waals surface area contributed by atoms with Crippen molar-refractivity contribution >= 4 is 20.7 Å². The average Bonchev–Trinajstić information content (AvgIpc) is 2.63. The van der Waals surface area contributed by atoms with E-state index in [1.165, 1.54) is 6.08 Å². The molecule has 0 aromatic carbocycles. The van der Waals surface area contributed by atoms with Gasteiger partial charge in [-0.3, -0.25) is 0 Å². The first-order chi connectivity index (χ1) is 13.3. The number of carbonyl (C=O) groups excluding carboxylic acids is 2. The Labute approximate surface area is 170 Å². The molecule has 0 aliphatic carbocycles. The van der Waals surface area contributed by atoms with E-state index in [4.69, 9.17) is 22.8 Å². The van der Waals surface area contributed by atoms with E-state index in [1.807, 2.05) is 20.8 Å². The normalized spacial score (nSPS) is 12.8. The SMILES string of the molecule is C=C(C)C(=O)OCCC[Si](OCC)(OCC)OC(C)CCCOC(=O)C=CC. The van der Waals surface area contributed by atoms with E-state index in [1.54, 1.807) is 19.9 Å². The van der Waals surface area contributed by atoms with Crippen LogP contribution >= 0.6 is 0 Å². The molecule has 0 aliphatic rings. The molecule has 162 valence electrons. The third-order valence-electron chi connectivity index (χ3n) is 3.62. The summed E-state index contributed by atoms with van der Waals surface area (Å²) < 4.78 is 28.3. The Balaban J connectivity index is 4.56. The molecular weight excluding hydrogens is 380 g/mol. The molecule has 0 bridgehead atoms. The summed E-state index contributed by atoms with van der Waals surface area (Å²) in [6, 6.07) is 0.554. The Hall–Kier alpha value is -1.48. The molecule has 0 radical (unpaired) electrons. The Bertz CT molecular complexity index is 499. The Kier molecular flexibility index (Phi) is 14.6. The first-order valence-corrected chi connectivity index (χ1v) is 11.8. The van der Waals surface area contributed by atoms with Gasteiger partial charge in [0.1, 0.15) is 0 Å². The maximum atomic E-state index is 11.5. The summed E-state index contributed by atoms with van der Waals surface area (Å²) in [7, 11) is -2.89. The number of rotatable bonds is 16. The lowest BCUT2D eigenvalue weighted by Crippen LogP contribution is -2.48. The number of esters is 2. The average molecular weight is 417 g/mol. The van der Waals surface area contributed by atoms with Crippen LogP contribution in [0.5, 0.6) is 0 Å². The minimum atomic E-state index is -2.89. The van der Waals surface area contributed by atoms with E-state index in [0.717, 1.165) is 0 Å². The highest BCUT2D eigenvalue weighted by Crippen LogP contribution is 2.22. The zero-order chi connectivity index (χ0) is 21.4. The van der Waals surface area contributed by atoms with Crippen molar-refractivity contribution in [1.82, 2.24) is 0 Å². The molecule has 0 spiro atoms. The molecule has 7 nitrogen and oxygen atoms in total. The van der Waals surface area contributed by atoms with Crippen molar-refractivity contribution < 1.29 is 32.3 Å². The Morgan fingerprint density at radius 1 is 1.07 bits per heavy atom. The van der Waals surface area contributed by atoms with Crippen molar-refractivity contribution in [1.29, 1.82) is 0 Å². The van der Waals surface area contributed by atoms with Crippen LogP contribution in [-0.4, -0.2) is 53.3 Å². The van der Waals surface area contributed by atoms with Crippen molar-refractivity contribution in [3.8, 4) is 0 Å². The first kappa shape index (κ1) is 26.5. The number of hydrogen-bond acceptors (Lipinski definition) is 7. The monoisotopic (exact) mass is 416 g/mol. The molecule has 0 amide bonds. The van der Waals surface area contributed by atoms with Crippen molar-refractivity contribution in [2.75, 3.05) is 26.4 Å². The van der Waals surface area contributed by atoms with Gasteiger partial charge in [-0.1, -0.05) is 12.7 Å². The smallest absolute Gasteiger partial charge is 0.463 e. The molecule has 0 aliphatic heterocycles. The summed E-state index contributed by atoms with van der Waals surface area (Å²) in [6.07, 6.45) is 4.91. The molecule has 0 N–H and O–H groups in total. The minimum Gasteiger partial charge on any atom is -0.463 e. The highest BCUT2D eigenvalue weighted by Gasteiger charge is 2.41. The van der Waals surface area contributed by atoms with E-state index in [2.05, 4.69) is 6.58 Å². The molecule has 0 aromatic heterocycles. The van der Waals surface area contributed by atoms with Crippen molar-refractivity contribution in [3.05, 3.63) is 24.3 Å². The maximum absolute atomic E-state index is 11.5. The van der Waals surface area contributed by atoms with Crippen molar-refractivity contribution in [2.24, 2.45) is 0 Å². The zero-order valence-corrected chi connectivity index (χ0v) is 19.0. The molecule has 0 saturated carbocycles. The van der Waals surface area contributed by atoms with E-state index in [9.17, 15) is 9.59 Å². The van der Waals surface area contributed by atoms with Gasteiger partial charge in [0.25, 0.3) is 0 Å². The molecule has 8 heteroatoms. The lowest BCUT2D eigenvalue weighted by atomic mass is 10.2. The zero-order valence-electron chi connectivity index (χ0n) is 18.0. The van der Waals surface area contributed by atoms with Crippen LogP contribution in [0.2, 0.25) is 6.04 Å². The fraction of sp³-hybridized carbons (Fsp3) is 0.700. The summed E-state index contributed by atoms with van der Waals surface area (Å²) in [4.78, 5) is 22.8. The predicted octanol–water partition coefficient (Wildman–Crippen LogP) is 3.81. The fourth-order valence-corrected chi connectivity index (χ4v) is 5.24. The second kappa shape index (κ2) is 15.4. The van der Waals surface area contributed by atoms with Crippen LogP contribution in [0, 0.1) is 0 Å². The summed E-state index contributed by atoms with van der Waals surface area (Å²) >= 11 is 0. The summed E-state index contributed by atoms with van der Waals surface area (Å²) in [5.41, 5.74) is 0.373. The maximum Gasteiger partial charge on any atom is 0.501 e. The van der Waals surface area contributed by atoms with Gasteiger partial charge >= 0.3 is 20.7 Å². The van der Waals surface area contributed by atoms with E-state index >= 15 is 0 Å². The molecule has 28 heavy (non-hydrogen) atoms. The predicted molar refractivity (Wildman–Crippen MR) is 110 cm³/mol. The van der Waals surface area contributed by atoms with Crippen molar-refractivity contribution in [2.45, 2.75) is 66.0 Å². The number of carbonyl (C=O) groups is 2. The van der Waals surface area contributed by atoms with Gasteiger partial charge in [-0.15, -0.1) is 0 Å². The topological polar surface area (TPSA) is 80.3 Å². The van der Waals surface area contributed by atoms with Crippen LogP contribution in [0.1, 0.15) is 53.9 Å². The molecule has 0 fully saturated rings. The van der Waals surface area contributed by atoms with Gasteiger partial charge in [-0.2, -0.15) is 0 Å². The summed E-state index contributed by atoms with van der Waals surface area (Å²) in [6.45, 7) is 14.3. The highest BCUT2D eigenvalue weighted by atomic mass is 28.4. The molecular formula is C20H36O7Si. The quantitative estimate of drug-likeness (QED) is 0.164. The van der Waals surface area contributed by atoms with E-state index < -0.39 is 14.8 Å². The van der Waals surface area contributed by atoms with Gasteiger partial charge in [0.05, 0.1) is 13.2 Å². The Morgan fingerprint density at radius 2 is 1.68 bits per heavy atom. The number of ether oxygens (including phenoxy) is 2. The van der Waals surface area contributed by atoms with Gasteiger partial charge in [0.15, 0.2) is 0 Å². The van der Waals surface area contributed by atoms with Gasteiger partial charge < -0.3 is 22.8 Å². The van der Waals surface area contributed by atoms with Gasteiger partial charge in [-0.25, -0.2) is 9.59 Å². The van der Waals surface area contributed by atoms with Gasteiger partial charge in [0, 0.05) is 37.0 Å². The molecule has 0 aromatic rings. The van der Waals surface area contributed by atoms with Crippen LogP contribution in [0.4, 0.5) is 0 Å². The highest BCUT2D eigenvalue weighted by molar-refractivity contribution is 6.60. The Morgan fingerprint density at radius 3 is 2.21 bits per heavy atom. The first-order valence-electron chi connectivity index (χ1n) is 9.88. The second-order valence-corrected chi connectivity index (χ2v) is 8.99. The third-order valence-corrected chi connectivity index (χ3v) is 6.80. The van der Waals surface area contributed by atoms with Crippen LogP contribution < -0.4 is 0 Å². The van der Waals surface area contributed by atoms with E-state index in [0.29, 0.717) is 50.7 Å². The standard InChI is InChI=1S/C20H36O7Si/c1-7-12-19(21)23-14-10-13-18(6)27-28(25-8-2,26-9-3)16-11-15-24-20(22)17(4)5/h7,12,18H,4,8-11,13-16H2,1-3,5-6H3.